The molecule has 0 aromatic carbocycles. The van der Waals surface area contributed by atoms with E-state index in [2.05, 4.69) is 10.7 Å². The van der Waals surface area contributed by atoms with Gasteiger partial charge in [-0.15, -0.1) is 11.3 Å². The van der Waals surface area contributed by atoms with Crippen LogP contribution < -0.4 is 10.7 Å². The molecule has 2 amide bonds. The van der Waals surface area contributed by atoms with Crippen LogP contribution in [0, 0.1) is 0 Å². The Balaban J connectivity index is 2.22. The molecule has 1 aromatic rings. The summed E-state index contributed by atoms with van der Waals surface area (Å²) in [6.45, 7) is 2.50. The second kappa shape index (κ2) is 7.67. The van der Waals surface area contributed by atoms with Gasteiger partial charge in [0.1, 0.15) is 6.54 Å². The summed E-state index contributed by atoms with van der Waals surface area (Å²) in [5, 5.41) is 5.90. The highest BCUT2D eigenvalue weighted by Crippen LogP contribution is 2.07. The number of carbonyl (C=O) groups is 2. The summed E-state index contributed by atoms with van der Waals surface area (Å²) in [6, 6.07) is 3.57. The van der Waals surface area contributed by atoms with Gasteiger partial charge in [-0.05, 0) is 18.4 Å². The van der Waals surface area contributed by atoms with E-state index in [1.807, 2.05) is 17.5 Å². The van der Waals surface area contributed by atoms with E-state index in [-0.39, 0.29) is 12.6 Å². The smallest absolute Gasteiger partial charge is 0.331 e. The fourth-order valence-electron chi connectivity index (χ4n) is 1.16. The van der Waals surface area contributed by atoms with E-state index in [9.17, 15) is 9.59 Å². The summed E-state index contributed by atoms with van der Waals surface area (Å²) < 4.78 is 4.73. The highest BCUT2D eigenvalue weighted by molar-refractivity contribution is 7.09. The number of urea groups is 1. The van der Waals surface area contributed by atoms with Crippen LogP contribution in [0.4, 0.5) is 4.79 Å². The Labute approximate surface area is 110 Å². The van der Waals surface area contributed by atoms with E-state index in [0.717, 1.165) is 4.88 Å². The highest BCUT2D eigenvalue weighted by Gasteiger charge is 2.09. The maximum absolute atomic E-state index is 11.6. The fourth-order valence-corrected chi connectivity index (χ4v) is 1.81. The largest absolute Gasteiger partial charge is 0.465 e. The molecule has 2 N–H and O–H groups in total. The van der Waals surface area contributed by atoms with E-state index >= 15 is 0 Å². The number of hydrogen-bond acceptors (Lipinski definition) is 5. The van der Waals surface area contributed by atoms with Gasteiger partial charge in [-0.3, -0.25) is 9.80 Å². The number of ether oxygens (including phenoxy) is 1. The average Bonchev–Trinajstić information content (AvgIpc) is 2.86. The van der Waals surface area contributed by atoms with Crippen molar-refractivity contribution in [2.75, 3.05) is 20.2 Å². The molecule has 1 rings (SSSR count). The van der Waals surface area contributed by atoms with Crippen molar-refractivity contribution in [3.8, 4) is 0 Å². The van der Waals surface area contributed by atoms with Crippen molar-refractivity contribution in [3.63, 3.8) is 0 Å². The van der Waals surface area contributed by atoms with Crippen molar-refractivity contribution in [2.24, 2.45) is 0 Å². The number of nitrogens with zero attached hydrogens (tertiary/aromatic N) is 1. The summed E-state index contributed by atoms with van der Waals surface area (Å²) in [5.74, 6) is -0.393. The third-order valence-corrected chi connectivity index (χ3v) is 2.94. The maximum atomic E-state index is 11.6. The molecule has 0 atom stereocenters. The zero-order chi connectivity index (χ0) is 13.4. The summed E-state index contributed by atoms with van der Waals surface area (Å²) in [4.78, 5) is 23.8. The molecule has 0 unspecified atom stereocenters. The zero-order valence-corrected chi connectivity index (χ0v) is 11.3. The predicted molar refractivity (Wildman–Crippen MR) is 69.0 cm³/mol. The quantitative estimate of drug-likeness (QED) is 0.597. The van der Waals surface area contributed by atoms with Crippen molar-refractivity contribution < 1.29 is 14.3 Å². The van der Waals surface area contributed by atoms with Crippen LogP contribution in [-0.4, -0.2) is 37.2 Å². The lowest BCUT2D eigenvalue weighted by molar-refractivity contribution is -0.142. The number of thiophene rings is 1. The van der Waals surface area contributed by atoms with Crippen molar-refractivity contribution >= 4 is 23.3 Å². The Hall–Kier alpha value is -1.60. The van der Waals surface area contributed by atoms with Crippen LogP contribution in [0.5, 0.6) is 0 Å². The van der Waals surface area contributed by atoms with Gasteiger partial charge in [0.15, 0.2) is 0 Å². The van der Waals surface area contributed by atoms with Gasteiger partial charge < -0.3 is 10.1 Å². The molecule has 6 nitrogen and oxygen atoms in total. The minimum absolute atomic E-state index is 0.0310. The molecular formula is C11H17N3O3S. The second-order valence-corrected chi connectivity index (χ2v) is 4.47. The Morgan fingerprint density at radius 2 is 2.28 bits per heavy atom. The molecule has 0 saturated carbocycles. The molecule has 0 aliphatic heterocycles. The Morgan fingerprint density at radius 1 is 1.50 bits per heavy atom. The molecule has 0 radical (unpaired) electrons. The standard InChI is InChI=1S/C11H17N3O3S/c1-3-17-10(15)8-13-14(2)11(16)12-7-9-5-4-6-18-9/h4-6,13H,3,7-8H2,1-2H3,(H,12,16). The molecule has 100 valence electrons. The van der Waals surface area contributed by atoms with Crippen LogP contribution in [0.25, 0.3) is 0 Å². The molecular weight excluding hydrogens is 254 g/mol. The molecule has 0 bridgehead atoms. The summed E-state index contributed by atoms with van der Waals surface area (Å²) in [7, 11) is 1.54. The minimum Gasteiger partial charge on any atom is -0.465 e. The fraction of sp³-hybridized carbons (Fsp3) is 0.455. The summed E-state index contributed by atoms with van der Waals surface area (Å²) in [5.41, 5.74) is 2.65. The third-order valence-electron chi connectivity index (χ3n) is 2.06. The zero-order valence-electron chi connectivity index (χ0n) is 10.4. The van der Waals surface area contributed by atoms with Crippen LogP contribution in [0.1, 0.15) is 11.8 Å². The van der Waals surface area contributed by atoms with Gasteiger partial charge in [0, 0.05) is 11.9 Å². The molecule has 0 fully saturated rings. The lowest BCUT2D eigenvalue weighted by atomic mass is 10.5. The highest BCUT2D eigenvalue weighted by atomic mass is 32.1. The number of carbonyl (C=O) groups excluding carboxylic acids is 2. The van der Waals surface area contributed by atoms with Crippen LogP contribution in [0.3, 0.4) is 0 Å². The van der Waals surface area contributed by atoms with Gasteiger partial charge in [0.2, 0.25) is 0 Å². The normalized spacial score (nSPS) is 9.89. The van der Waals surface area contributed by atoms with Crippen LogP contribution in [-0.2, 0) is 16.1 Å². The molecule has 0 aliphatic carbocycles. The Morgan fingerprint density at radius 3 is 2.89 bits per heavy atom. The van der Waals surface area contributed by atoms with Crippen molar-refractivity contribution in [2.45, 2.75) is 13.5 Å². The lowest BCUT2D eigenvalue weighted by Crippen LogP contribution is -2.47. The van der Waals surface area contributed by atoms with Crippen molar-refractivity contribution in [1.82, 2.24) is 15.8 Å². The van der Waals surface area contributed by atoms with E-state index in [4.69, 9.17) is 4.74 Å². The Kier molecular flexibility index (Phi) is 6.16. The number of nitrogens with one attached hydrogen (secondary N) is 2. The Bertz CT molecular complexity index is 381. The first-order valence-electron chi connectivity index (χ1n) is 5.56. The molecule has 0 aliphatic rings. The topological polar surface area (TPSA) is 70.7 Å². The first kappa shape index (κ1) is 14.5. The monoisotopic (exact) mass is 271 g/mol. The summed E-state index contributed by atoms with van der Waals surface area (Å²) >= 11 is 1.57. The van der Waals surface area contributed by atoms with E-state index < -0.39 is 5.97 Å². The lowest BCUT2D eigenvalue weighted by Gasteiger charge is -2.18. The maximum Gasteiger partial charge on any atom is 0.331 e. The molecule has 18 heavy (non-hydrogen) atoms. The van der Waals surface area contributed by atoms with E-state index in [1.165, 1.54) is 5.01 Å². The van der Waals surface area contributed by atoms with Gasteiger partial charge in [-0.2, -0.15) is 0 Å². The van der Waals surface area contributed by atoms with Crippen molar-refractivity contribution in [3.05, 3.63) is 22.4 Å². The number of hydrogen-bond donors (Lipinski definition) is 2. The first-order valence-corrected chi connectivity index (χ1v) is 6.44. The molecule has 0 saturated heterocycles. The van der Waals surface area contributed by atoms with Gasteiger partial charge in [-0.25, -0.2) is 10.2 Å². The number of amides is 2. The number of hydrazine groups is 1. The SMILES string of the molecule is CCOC(=O)CNN(C)C(=O)NCc1cccs1. The third kappa shape index (κ3) is 5.15. The molecule has 0 spiro atoms. The molecule has 7 heteroatoms. The first-order chi connectivity index (χ1) is 8.63. The summed E-state index contributed by atoms with van der Waals surface area (Å²) in [6.07, 6.45) is 0. The van der Waals surface area contributed by atoms with Gasteiger partial charge in [0.25, 0.3) is 0 Å². The van der Waals surface area contributed by atoms with Crippen molar-refractivity contribution in [1.29, 1.82) is 0 Å². The van der Waals surface area contributed by atoms with E-state index in [0.29, 0.717) is 13.2 Å². The molecule has 1 aromatic heterocycles. The minimum atomic E-state index is -0.393. The van der Waals surface area contributed by atoms with Crippen LogP contribution in [0.2, 0.25) is 0 Å². The number of esters is 1. The van der Waals surface area contributed by atoms with Crippen LogP contribution >= 0.6 is 11.3 Å². The number of rotatable bonds is 6. The molecule has 1 heterocycles. The van der Waals surface area contributed by atoms with E-state index in [1.54, 1.807) is 25.3 Å². The van der Waals surface area contributed by atoms with Gasteiger partial charge >= 0.3 is 12.0 Å². The predicted octanol–water partition coefficient (Wildman–Crippen LogP) is 0.957. The average molecular weight is 271 g/mol. The second-order valence-electron chi connectivity index (χ2n) is 3.44. The van der Waals surface area contributed by atoms with Crippen LogP contribution in [0.15, 0.2) is 17.5 Å². The van der Waals surface area contributed by atoms with Gasteiger partial charge in [0.05, 0.1) is 13.2 Å². The van der Waals surface area contributed by atoms with Gasteiger partial charge in [-0.1, -0.05) is 6.07 Å².